The molecule has 1 amide bonds. The Morgan fingerprint density at radius 2 is 1.96 bits per heavy atom. The standard InChI is InChI=1S/C20H15FN4O3/c1-11(26)22-17-6-4-13(10-15(17)21)20-24-19(25-28-20)18-7-3-12-9-14(27-2)5-8-16(12)23-18/h3-10H,1-2H3,(H,22,26). The van der Waals surface area contributed by atoms with Crippen LogP contribution in [0.2, 0.25) is 0 Å². The molecule has 2 heterocycles. The van der Waals surface area contributed by atoms with E-state index in [-0.39, 0.29) is 17.5 Å². The Kier molecular flexibility index (Phi) is 4.44. The number of nitrogens with one attached hydrogen (secondary N) is 1. The van der Waals surface area contributed by atoms with E-state index in [1.54, 1.807) is 19.2 Å². The molecular weight excluding hydrogens is 363 g/mol. The molecule has 0 radical (unpaired) electrons. The summed E-state index contributed by atoms with van der Waals surface area (Å²) in [5, 5.41) is 7.27. The predicted molar refractivity (Wildman–Crippen MR) is 101 cm³/mol. The largest absolute Gasteiger partial charge is 0.497 e. The lowest BCUT2D eigenvalue weighted by Crippen LogP contribution is -2.07. The zero-order chi connectivity index (χ0) is 19.7. The molecule has 1 N–H and O–H groups in total. The summed E-state index contributed by atoms with van der Waals surface area (Å²) in [4.78, 5) is 19.9. The molecule has 0 aliphatic carbocycles. The number of aromatic nitrogens is 3. The van der Waals surface area contributed by atoms with Gasteiger partial charge in [0.25, 0.3) is 5.89 Å². The van der Waals surface area contributed by atoms with Crippen molar-refractivity contribution in [3.63, 3.8) is 0 Å². The summed E-state index contributed by atoms with van der Waals surface area (Å²) in [5.41, 5.74) is 1.77. The van der Waals surface area contributed by atoms with Gasteiger partial charge in [0.15, 0.2) is 0 Å². The fourth-order valence-electron chi connectivity index (χ4n) is 2.74. The van der Waals surface area contributed by atoms with Gasteiger partial charge in [0.05, 0.1) is 18.3 Å². The summed E-state index contributed by atoms with van der Waals surface area (Å²) in [7, 11) is 1.61. The van der Waals surface area contributed by atoms with Gasteiger partial charge < -0.3 is 14.6 Å². The molecule has 0 spiro atoms. The highest BCUT2D eigenvalue weighted by atomic mass is 19.1. The Morgan fingerprint density at radius 3 is 2.71 bits per heavy atom. The molecular formula is C20H15FN4O3. The highest BCUT2D eigenvalue weighted by Crippen LogP contribution is 2.26. The van der Waals surface area contributed by atoms with Crippen LogP contribution < -0.4 is 10.1 Å². The summed E-state index contributed by atoms with van der Waals surface area (Å²) < 4.78 is 24.6. The van der Waals surface area contributed by atoms with Crippen molar-refractivity contribution in [2.45, 2.75) is 6.92 Å². The molecule has 0 saturated heterocycles. The number of fused-ring (bicyclic) bond motifs is 1. The topological polar surface area (TPSA) is 90.1 Å². The average Bonchev–Trinajstić information content (AvgIpc) is 3.18. The van der Waals surface area contributed by atoms with Crippen LogP contribution in [0.15, 0.2) is 53.1 Å². The van der Waals surface area contributed by atoms with Crippen LogP contribution >= 0.6 is 0 Å². The Morgan fingerprint density at radius 1 is 1.11 bits per heavy atom. The minimum Gasteiger partial charge on any atom is -0.497 e. The normalized spacial score (nSPS) is 10.8. The molecule has 0 fully saturated rings. The number of rotatable bonds is 4. The number of nitrogens with zero attached hydrogens (tertiary/aromatic N) is 3. The number of hydrogen-bond acceptors (Lipinski definition) is 6. The molecule has 2 aromatic heterocycles. The summed E-state index contributed by atoms with van der Waals surface area (Å²) in [5.74, 6) is 0.240. The summed E-state index contributed by atoms with van der Waals surface area (Å²) in [6, 6.07) is 13.5. The summed E-state index contributed by atoms with van der Waals surface area (Å²) >= 11 is 0. The second-order valence-corrected chi connectivity index (χ2v) is 6.05. The lowest BCUT2D eigenvalue weighted by Gasteiger charge is -2.04. The Hall–Kier alpha value is -3.81. The Bertz CT molecular complexity index is 1190. The maximum atomic E-state index is 14.1. The molecule has 0 atom stereocenters. The van der Waals surface area contributed by atoms with Crippen molar-refractivity contribution < 1.29 is 18.4 Å². The van der Waals surface area contributed by atoms with Crippen LogP contribution in [0.3, 0.4) is 0 Å². The number of pyridine rings is 1. The van der Waals surface area contributed by atoms with Crippen molar-refractivity contribution in [2.24, 2.45) is 0 Å². The van der Waals surface area contributed by atoms with Crippen LogP contribution in [0, 0.1) is 5.82 Å². The molecule has 0 aliphatic heterocycles. The number of carbonyl (C=O) groups excluding carboxylic acids is 1. The lowest BCUT2D eigenvalue weighted by molar-refractivity contribution is -0.114. The van der Waals surface area contributed by atoms with Crippen LogP contribution in [0.4, 0.5) is 10.1 Å². The van der Waals surface area contributed by atoms with Gasteiger partial charge in [-0.1, -0.05) is 11.2 Å². The van der Waals surface area contributed by atoms with Crippen molar-refractivity contribution in [3.05, 3.63) is 54.3 Å². The summed E-state index contributed by atoms with van der Waals surface area (Å²) in [6.45, 7) is 1.31. The molecule has 140 valence electrons. The molecule has 7 nitrogen and oxygen atoms in total. The van der Waals surface area contributed by atoms with E-state index in [4.69, 9.17) is 9.26 Å². The van der Waals surface area contributed by atoms with E-state index in [0.717, 1.165) is 16.7 Å². The number of benzene rings is 2. The number of amides is 1. The number of carbonyl (C=O) groups is 1. The van der Waals surface area contributed by atoms with E-state index in [1.807, 2.05) is 24.3 Å². The quantitative estimate of drug-likeness (QED) is 0.576. The van der Waals surface area contributed by atoms with Crippen molar-refractivity contribution in [1.29, 1.82) is 0 Å². The van der Waals surface area contributed by atoms with Crippen LogP contribution in [0.25, 0.3) is 33.9 Å². The Balaban J connectivity index is 1.65. The molecule has 4 aromatic rings. The first-order valence-electron chi connectivity index (χ1n) is 8.40. The van der Waals surface area contributed by atoms with E-state index >= 15 is 0 Å². The minimum absolute atomic E-state index is 0.0858. The molecule has 0 saturated carbocycles. The Labute approximate surface area is 159 Å². The number of hydrogen-bond donors (Lipinski definition) is 1. The molecule has 2 aromatic carbocycles. The first-order valence-corrected chi connectivity index (χ1v) is 8.40. The molecule has 8 heteroatoms. The van der Waals surface area contributed by atoms with Crippen molar-refractivity contribution in [1.82, 2.24) is 15.1 Å². The highest BCUT2D eigenvalue weighted by Gasteiger charge is 2.14. The van der Waals surface area contributed by atoms with E-state index < -0.39 is 5.82 Å². The van der Waals surface area contributed by atoms with Gasteiger partial charge in [-0.3, -0.25) is 4.79 Å². The van der Waals surface area contributed by atoms with Crippen LogP contribution in [-0.2, 0) is 4.79 Å². The second kappa shape index (κ2) is 7.07. The van der Waals surface area contributed by atoms with Gasteiger partial charge in [-0.2, -0.15) is 4.98 Å². The van der Waals surface area contributed by atoms with Crippen LogP contribution in [0.1, 0.15) is 6.92 Å². The first-order chi connectivity index (χ1) is 13.5. The van der Waals surface area contributed by atoms with Crippen LogP contribution in [-0.4, -0.2) is 28.1 Å². The van der Waals surface area contributed by atoms with E-state index in [0.29, 0.717) is 17.1 Å². The third-order valence-corrected chi connectivity index (χ3v) is 4.08. The monoisotopic (exact) mass is 378 g/mol. The maximum Gasteiger partial charge on any atom is 0.258 e. The third kappa shape index (κ3) is 3.39. The number of ether oxygens (including phenoxy) is 1. The van der Waals surface area contributed by atoms with E-state index in [1.165, 1.54) is 19.1 Å². The van der Waals surface area contributed by atoms with E-state index in [9.17, 15) is 9.18 Å². The molecule has 28 heavy (non-hydrogen) atoms. The predicted octanol–water partition coefficient (Wildman–Crippen LogP) is 4.06. The first kappa shape index (κ1) is 17.6. The van der Waals surface area contributed by atoms with Crippen LogP contribution in [0.5, 0.6) is 5.75 Å². The fraction of sp³-hybridized carbons (Fsp3) is 0.100. The van der Waals surface area contributed by atoms with Gasteiger partial charge in [-0.05, 0) is 42.5 Å². The smallest absolute Gasteiger partial charge is 0.258 e. The third-order valence-electron chi connectivity index (χ3n) is 4.08. The zero-order valence-electron chi connectivity index (χ0n) is 15.1. The average molecular weight is 378 g/mol. The van der Waals surface area contributed by atoms with E-state index in [2.05, 4.69) is 20.4 Å². The lowest BCUT2D eigenvalue weighted by atomic mass is 10.2. The molecule has 4 rings (SSSR count). The van der Waals surface area contributed by atoms with Gasteiger partial charge in [0.2, 0.25) is 11.7 Å². The zero-order valence-corrected chi connectivity index (χ0v) is 15.1. The van der Waals surface area contributed by atoms with Gasteiger partial charge in [0, 0.05) is 17.9 Å². The second-order valence-electron chi connectivity index (χ2n) is 6.05. The van der Waals surface area contributed by atoms with Crippen molar-refractivity contribution >= 4 is 22.5 Å². The number of anilines is 1. The van der Waals surface area contributed by atoms with Gasteiger partial charge in [0.1, 0.15) is 17.3 Å². The number of methoxy groups -OCH3 is 1. The molecule has 0 unspecified atom stereocenters. The van der Waals surface area contributed by atoms with Gasteiger partial charge in [-0.15, -0.1) is 0 Å². The maximum absolute atomic E-state index is 14.1. The SMILES string of the molecule is COc1ccc2nc(-c3noc(-c4ccc(NC(C)=O)c(F)c4)n3)ccc2c1. The summed E-state index contributed by atoms with van der Waals surface area (Å²) in [6.07, 6.45) is 0. The van der Waals surface area contributed by atoms with Gasteiger partial charge >= 0.3 is 0 Å². The van der Waals surface area contributed by atoms with Crippen molar-refractivity contribution in [3.8, 4) is 28.7 Å². The number of halogens is 1. The molecule has 0 bridgehead atoms. The van der Waals surface area contributed by atoms with Crippen molar-refractivity contribution in [2.75, 3.05) is 12.4 Å². The molecule has 0 aliphatic rings. The minimum atomic E-state index is -0.592. The highest BCUT2D eigenvalue weighted by molar-refractivity contribution is 5.89. The van der Waals surface area contributed by atoms with Gasteiger partial charge in [-0.25, -0.2) is 9.37 Å². The fourth-order valence-corrected chi connectivity index (χ4v) is 2.74.